The summed E-state index contributed by atoms with van der Waals surface area (Å²) >= 11 is 0. The number of hydrogen-bond acceptors (Lipinski definition) is 12. The summed E-state index contributed by atoms with van der Waals surface area (Å²) in [5.74, 6) is 6.89. The summed E-state index contributed by atoms with van der Waals surface area (Å²) in [4.78, 5) is 73.7. The largest absolute Gasteiger partial charge is 0.448 e. The molecule has 15 nitrogen and oxygen atoms in total. The third kappa shape index (κ3) is 6.92. The molecule has 3 aliphatic rings. The Labute approximate surface area is 332 Å². The molecule has 3 amide bonds. The van der Waals surface area contributed by atoms with Crippen molar-refractivity contribution in [3.05, 3.63) is 99.6 Å². The van der Waals surface area contributed by atoms with Gasteiger partial charge < -0.3 is 28.8 Å². The standard InChI is InChI=1S/C43H39N9O6/c1-25-20-31-34(50(2)43(25)56)22-37(51-16-18-57-19-17-51)48-40(31)52-15-5-8-32-35(52)24-46-39(47-32)26-10-12-33(45-23-26)42(55)44-14-4-6-27-21-30-28(7-3-9-36(30)58-27)29-11-13-38(53)49-41(29)54/h3,7,9-10,12,20-24,29H,5,8,11,13-19H2,1-2H3,(H,44,55)(H,49,53,54)/t29-/m0/s1. The first-order valence-corrected chi connectivity index (χ1v) is 19.3. The smallest absolute Gasteiger partial charge is 0.270 e. The van der Waals surface area contributed by atoms with Gasteiger partial charge in [0, 0.05) is 73.3 Å². The lowest BCUT2D eigenvalue weighted by molar-refractivity contribution is -0.134. The molecule has 0 aliphatic carbocycles. The second-order valence-corrected chi connectivity index (χ2v) is 14.6. The van der Waals surface area contributed by atoms with Crippen LogP contribution in [0.5, 0.6) is 0 Å². The van der Waals surface area contributed by atoms with Crippen LogP contribution in [0.15, 0.2) is 70.1 Å². The van der Waals surface area contributed by atoms with E-state index < -0.39 is 5.92 Å². The molecule has 2 fully saturated rings. The van der Waals surface area contributed by atoms with Crippen molar-refractivity contribution in [1.82, 2.24) is 35.1 Å². The van der Waals surface area contributed by atoms with Gasteiger partial charge in [0.25, 0.3) is 11.5 Å². The third-order valence-electron chi connectivity index (χ3n) is 10.9. The molecule has 0 bridgehead atoms. The van der Waals surface area contributed by atoms with Gasteiger partial charge >= 0.3 is 0 Å². The summed E-state index contributed by atoms with van der Waals surface area (Å²) in [6.45, 7) is 5.25. The summed E-state index contributed by atoms with van der Waals surface area (Å²) in [7, 11) is 1.80. The number of hydrogen-bond donors (Lipinski definition) is 2. The number of amides is 3. The molecule has 1 atom stereocenters. The molecular formula is C43H39N9O6. The topological polar surface area (TPSA) is 178 Å². The third-order valence-corrected chi connectivity index (χ3v) is 10.9. The molecule has 15 heteroatoms. The van der Waals surface area contributed by atoms with E-state index in [1.165, 1.54) is 0 Å². The maximum atomic E-state index is 13.0. The lowest BCUT2D eigenvalue weighted by Crippen LogP contribution is -2.39. The number of carbonyl (C=O) groups is 3. The van der Waals surface area contributed by atoms with Crippen LogP contribution in [-0.4, -0.2) is 81.6 Å². The number of imide groups is 1. The maximum absolute atomic E-state index is 13.0. The Morgan fingerprint density at radius 1 is 0.983 bits per heavy atom. The van der Waals surface area contributed by atoms with Crippen LogP contribution in [0.2, 0.25) is 0 Å². The Morgan fingerprint density at radius 2 is 1.84 bits per heavy atom. The molecule has 0 radical (unpaired) electrons. The first-order valence-electron chi connectivity index (χ1n) is 19.3. The van der Waals surface area contributed by atoms with Crippen molar-refractivity contribution in [2.45, 2.75) is 38.5 Å². The Morgan fingerprint density at radius 3 is 2.66 bits per heavy atom. The molecule has 9 rings (SSSR count). The number of fused-ring (bicyclic) bond motifs is 3. The van der Waals surface area contributed by atoms with Gasteiger partial charge in [0.1, 0.15) is 22.9 Å². The number of rotatable bonds is 6. The molecule has 3 aliphatic heterocycles. The van der Waals surface area contributed by atoms with Crippen molar-refractivity contribution < 1.29 is 23.5 Å². The zero-order chi connectivity index (χ0) is 39.9. The van der Waals surface area contributed by atoms with Crippen LogP contribution < -0.4 is 26.0 Å². The highest BCUT2D eigenvalue weighted by molar-refractivity contribution is 6.03. The number of ether oxygens (including phenoxy) is 1. The highest BCUT2D eigenvalue weighted by atomic mass is 16.5. The molecule has 5 aromatic heterocycles. The zero-order valence-electron chi connectivity index (χ0n) is 32.0. The van der Waals surface area contributed by atoms with Gasteiger partial charge in [-0.1, -0.05) is 18.1 Å². The molecule has 1 aromatic carbocycles. The fourth-order valence-corrected chi connectivity index (χ4v) is 7.89. The minimum atomic E-state index is -0.445. The Hall–Kier alpha value is -6.92. The minimum absolute atomic E-state index is 0.0426. The number of furan rings is 1. The fraction of sp³-hybridized carbons (Fsp3) is 0.302. The first-order chi connectivity index (χ1) is 28.2. The summed E-state index contributed by atoms with van der Waals surface area (Å²) < 4.78 is 13.2. The average molecular weight is 778 g/mol. The molecule has 292 valence electrons. The number of nitrogens with zero attached hydrogens (tertiary/aromatic N) is 7. The highest BCUT2D eigenvalue weighted by Gasteiger charge is 2.30. The highest BCUT2D eigenvalue weighted by Crippen LogP contribution is 2.38. The van der Waals surface area contributed by atoms with E-state index in [9.17, 15) is 19.2 Å². The van der Waals surface area contributed by atoms with Crippen LogP contribution in [0.25, 0.3) is 33.3 Å². The Balaban J connectivity index is 0.901. The molecule has 0 saturated carbocycles. The molecular weight excluding hydrogens is 739 g/mol. The predicted octanol–water partition coefficient (Wildman–Crippen LogP) is 4.06. The van der Waals surface area contributed by atoms with Gasteiger partial charge in [-0.15, -0.1) is 0 Å². The second-order valence-electron chi connectivity index (χ2n) is 14.6. The van der Waals surface area contributed by atoms with Gasteiger partial charge in [0.05, 0.1) is 48.8 Å². The number of aryl methyl sites for hydroxylation is 3. The molecule has 8 heterocycles. The van der Waals surface area contributed by atoms with Crippen molar-refractivity contribution >= 4 is 56.9 Å². The van der Waals surface area contributed by atoms with Crippen molar-refractivity contribution in [1.29, 1.82) is 0 Å². The van der Waals surface area contributed by atoms with Gasteiger partial charge in [0.15, 0.2) is 11.6 Å². The number of carbonyl (C=O) groups excluding carboxylic acids is 3. The first kappa shape index (κ1) is 36.7. The van der Waals surface area contributed by atoms with Crippen LogP contribution in [0.4, 0.5) is 17.3 Å². The predicted molar refractivity (Wildman–Crippen MR) is 216 cm³/mol. The summed E-state index contributed by atoms with van der Waals surface area (Å²) in [5.41, 5.74) is 5.40. The monoisotopic (exact) mass is 777 g/mol. The normalized spacial score (nSPS) is 16.8. The number of piperidine rings is 1. The number of pyridine rings is 3. The number of aromatic nitrogens is 5. The van der Waals surface area contributed by atoms with Gasteiger partial charge in [0.2, 0.25) is 11.8 Å². The molecule has 6 aromatic rings. The van der Waals surface area contributed by atoms with Crippen molar-refractivity contribution in [2.75, 3.05) is 49.2 Å². The van der Waals surface area contributed by atoms with Gasteiger partial charge in [-0.25, -0.2) is 15.0 Å². The van der Waals surface area contributed by atoms with Gasteiger partial charge in [-0.05, 0) is 61.9 Å². The van der Waals surface area contributed by atoms with E-state index >= 15 is 0 Å². The molecule has 58 heavy (non-hydrogen) atoms. The van der Waals surface area contributed by atoms with Crippen LogP contribution in [0.1, 0.15) is 58.2 Å². The Kier molecular flexibility index (Phi) is 9.62. The van der Waals surface area contributed by atoms with E-state index in [0.717, 1.165) is 57.7 Å². The summed E-state index contributed by atoms with van der Waals surface area (Å²) in [6.07, 6.45) is 5.72. The molecule has 2 N–H and O–H groups in total. The van der Waals surface area contributed by atoms with E-state index in [0.29, 0.717) is 67.6 Å². The lowest BCUT2D eigenvalue weighted by atomic mass is 9.88. The van der Waals surface area contributed by atoms with E-state index in [2.05, 4.69) is 37.3 Å². The molecule has 2 saturated heterocycles. The van der Waals surface area contributed by atoms with E-state index in [1.807, 2.05) is 37.4 Å². The minimum Gasteiger partial charge on any atom is -0.448 e. The van der Waals surface area contributed by atoms with Gasteiger partial charge in [-0.2, -0.15) is 0 Å². The van der Waals surface area contributed by atoms with Crippen molar-refractivity contribution in [2.24, 2.45) is 7.05 Å². The quantitative estimate of drug-likeness (QED) is 0.183. The van der Waals surface area contributed by atoms with Crippen LogP contribution in [-0.2, 0) is 27.8 Å². The van der Waals surface area contributed by atoms with Crippen LogP contribution in [0.3, 0.4) is 0 Å². The lowest BCUT2D eigenvalue weighted by Gasteiger charge is -2.33. The SMILES string of the molecule is Cc1cc2c(N3CCCc4nc(-c5ccc(C(=O)NCC#Cc6cc7c([C@@H]8CCC(=O)NC8=O)cccc7o6)nc5)ncc43)nc(N3CCOCC3)cc2n(C)c1=O. The van der Waals surface area contributed by atoms with Crippen molar-refractivity contribution in [3.63, 3.8) is 0 Å². The summed E-state index contributed by atoms with van der Waals surface area (Å²) in [6, 6.07) is 14.6. The van der Waals surface area contributed by atoms with E-state index in [4.69, 9.17) is 24.1 Å². The van der Waals surface area contributed by atoms with Gasteiger partial charge in [-0.3, -0.25) is 29.5 Å². The number of nitrogens with one attached hydrogen (secondary N) is 2. The maximum Gasteiger partial charge on any atom is 0.270 e. The number of benzene rings is 1. The fourth-order valence-electron chi connectivity index (χ4n) is 7.89. The zero-order valence-corrected chi connectivity index (χ0v) is 32.0. The second kappa shape index (κ2) is 15.2. The van der Waals surface area contributed by atoms with E-state index in [-0.39, 0.29) is 41.9 Å². The average Bonchev–Trinajstić information content (AvgIpc) is 3.68. The molecule has 0 spiro atoms. The molecule has 0 unspecified atom stereocenters. The number of anilines is 3. The van der Waals surface area contributed by atoms with Crippen molar-refractivity contribution in [3.8, 4) is 23.2 Å². The number of morpholine rings is 1. The summed E-state index contributed by atoms with van der Waals surface area (Å²) in [5, 5.41) is 6.83. The Bertz CT molecular complexity index is 2760. The van der Waals surface area contributed by atoms with Crippen LogP contribution >= 0.6 is 0 Å². The van der Waals surface area contributed by atoms with Crippen LogP contribution in [0, 0.1) is 18.8 Å². The van der Waals surface area contributed by atoms with E-state index in [1.54, 1.807) is 42.1 Å².